The largest absolute Gasteiger partial charge is 0.497 e. The third-order valence-electron chi connectivity index (χ3n) is 2.51. The zero-order valence-electron chi connectivity index (χ0n) is 9.33. The summed E-state index contributed by atoms with van der Waals surface area (Å²) in [6.07, 6.45) is 0. The molecule has 0 atom stereocenters. The Morgan fingerprint density at radius 1 is 1.06 bits per heavy atom. The molecular formula is C14H13ClO. The van der Waals surface area contributed by atoms with Gasteiger partial charge in [0.1, 0.15) is 5.75 Å². The highest BCUT2D eigenvalue weighted by Gasteiger charge is 2.04. The molecule has 0 saturated carbocycles. The van der Waals surface area contributed by atoms with Crippen molar-refractivity contribution in [2.75, 3.05) is 7.11 Å². The second-order valence-corrected chi connectivity index (χ2v) is 4.12. The highest BCUT2D eigenvalue weighted by molar-refractivity contribution is 6.33. The molecule has 0 aliphatic carbocycles. The molecule has 1 nitrogen and oxygen atoms in total. The first kappa shape index (κ1) is 11.0. The predicted octanol–water partition coefficient (Wildman–Crippen LogP) is 4.32. The lowest BCUT2D eigenvalue weighted by Gasteiger charge is -2.07. The number of ether oxygens (including phenoxy) is 1. The monoisotopic (exact) mass is 232 g/mol. The van der Waals surface area contributed by atoms with E-state index in [-0.39, 0.29) is 0 Å². The van der Waals surface area contributed by atoms with Crippen LogP contribution in [0.3, 0.4) is 0 Å². The Balaban J connectivity index is 2.49. The Bertz CT molecular complexity index is 506. The minimum Gasteiger partial charge on any atom is -0.497 e. The lowest BCUT2D eigenvalue weighted by molar-refractivity contribution is 0.415. The number of hydrogen-bond acceptors (Lipinski definition) is 1. The van der Waals surface area contributed by atoms with Crippen molar-refractivity contribution >= 4 is 11.6 Å². The summed E-state index contributed by atoms with van der Waals surface area (Å²) >= 11 is 6.22. The van der Waals surface area contributed by atoms with Gasteiger partial charge in [-0.3, -0.25) is 0 Å². The van der Waals surface area contributed by atoms with Gasteiger partial charge in [-0.2, -0.15) is 0 Å². The Morgan fingerprint density at radius 2 is 1.88 bits per heavy atom. The first-order chi connectivity index (χ1) is 7.70. The number of hydrogen-bond donors (Lipinski definition) is 0. The van der Waals surface area contributed by atoms with Crippen molar-refractivity contribution in [2.45, 2.75) is 6.92 Å². The molecule has 0 unspecified atom stereocenters. The second-order valence-electron chi connectivity index (χ2n) is 3.72. The predicted molar refractivity (Wildman–Crippen MR) is 68.2 cm³/mol. The summed E-state index contributed by atoms with van der Waals surface area (Å²) in [5, 5.41) is 0.772. The minimum atomic E-state index is 0.772. The van der Waals surface area contributed by atoms with Crippen LogP contribution in [0.4, 0.5) is 0 Å². The summed E-state index contributed by atoms with van der Waals surface area (Å²) in [4.78, 5) is 0. The number of methoxy groups -OCH3 is 1. The molecule has 2 heteroatoms. The van der Waals surface area contributed by atoms with Gasteiger partial charge in [0.05, 0.1) is 7.11 Å². The number of rotatable bonds is 2. The average Bonchev–Trinajstić information content (AvgIpc) is 2.29. The standard InChI is InChI=1S/C14H13ClO/c1-10-6-7-13(14(15)8-10)11-4-3-5-12(9-11)16-2/h3-9H,1-2H3. The van der Waals surface area contributed by atoms with Crippen LogP contribution in [-0.4, -0.2) is 7.11 Å². The van der Waals surface area contributed by atoms with Gasteiger partial charge >= 0.3 is 0 Å². The summed E-state index contributed by atoms with van der Waals surface area (Å²) in [6.45, 7) is 2.03. The smallest absolute Gasteiger partial charge is 0.119 e. The van der Waals surface area contributed by atoms with Crippen LogP contribution >= 0.6 is 11.6 Å². The number of aryl methyl sites for hydroxylation is 1. The molecule has 0 N–H and O–H groups in total. The fourth-order valence-corrected chi connectivity index (χ4v) is 1.99. The van der Waals surface area contributed by atoms with E-state index in [1.54, 1.807) is 7.11 Å². The molecule has 0 amide bonds. The third-order valence-corrected chi connectivity index (χ3v) is 2.82. The first-order valence-electron chi connectivity index (χ1n) is 5.11. The maximum absolute atomic E-state index is 6.22. The van der Waals surface area contributed by atoms with Gasteiger partial charge < -0.3 is 4.74 Å². The van der Waals surface area contributed by atoms with E-state index in [2.05, 4.69) is 6.07 Å². The van der Waals surface area contributed by atoms with Crippen molar-refractivity contribution in [2.24, 2.45) is 0 Å². The van der Waals surface area contributed by atoms with Crippen LogP contribution in [0.15, 0.2) is 42.5 Å². The van der Waals surface area contributed by atoms with Gasteiger partial charge in [-0.1, -0.05) is 35.9 Å². The first-order valence-corrected chi connectivity index (χ1v) is 5.49. The van der Waals surface area contributed by atoms with Gasteiger partial charge in [0, 0.05) is 10.6 Å². The van der Waals surface area contributed by atoms with E-state index in [1.165, 1.54) is 0 Å². The number of benzene rings is 2. The Hall–Kier alpha value is -1.47. The third kappa shape index (κ3) is 2.20. The normalized spacial score (nSPS) is 10.2. The quantitative estimate of drug-likeness (QED) is 0.749. The summed E-state index contributed by atoms with van der Waals surface area (Å²) < 4.78 is 5.20. The SMILES string of the molecule is COc1cccc(-c2ccc(C)cc2Cl)c1. The molecule has 2 aromatic rings. The van der Waals surface area contributed by atoms with Crippen molar-refractivity contribution in [3.63, 3.8) is 0 Å². The van der Waals surface area contributed by atoms with Gasteiger partial charge in [0.15, 0.2) is 0 Å². The Kier molecular flexibility index (Phi) is 3.16. The van der Waals surface area contributed by atoms with E-state index in [9.17, 15) is 0 Å². The fourth-order valence-electron chi connectivity index (χ4n) is 1.64. The lowest BCUT2D eigenvalue weighted by atomic mass is 10.0. The highest BCUT2D eigenvalue weighted by Crippen LogP contribution is 2.30. The molecule has 0 fully saturated rings. The van der Waals surface area contributed by atoms with Crippen molar-refractivity contribution in [3.8, 4) is 16.9 Å². The summed E-state index contributed by atoms with van der Waals surface area (Å²) in [7, 11) is 1.66. The maximum Gasteiger partial charge on any atom is 0.119 e. The molecule has 0 saturated heterocycles. The summed E-state index contributed by atoms with van der Waals surface area (Å²) in [5.41, 5.74) is 3.27. The minimum absolute atomic E-state index is 0.772. The van der Waals surface area contributed by atoms with Crippen LogP contribution in [0.5, 0.6) is 5.75 Å². The molecule has 0 heterocycles. The van der Waals surface area contributed by atoms with Crippen molar-refractivity contribution in [1.29, 1.82) is 0 Å². The molecule has 0 radical (unpaired) electrons. The number of halogens is 1. The summed E-state index contributed by atoms with van der Waals surface area (Å²) in [6, 6.07) is 14.0. The Labute approximate surface area is 101 Å². The molecular weight excluding hydrogens is 220 g/mol. The van der Waals surface area contributed by atoms with Gasteiger partial charge in [0.25, 0.3) is 0 Å². The zero-order chi connectivity index (χ0) is 11.5. The van der Waals surface area contributed by atoms with Crippen molar-refractivity contribution in [3.05, 3.63) is 53.1 Å². The molecule has 0 aliphatic rings. The molecule has 0 spiro atoms. The maximum atomic E-state index is 6.22. The van der Waals surface area contributed by atoms with E-state index in [1.807, 2.05) is 43.3 Å². The topological polar surface area (TPSA) is 9.23 Å². The molecule has 2 rings (SSSR count). The molecule has 16 heavy (non-hydrogen) atoms. The van der Waals surface area contributed by atoms with Gasteiger partial charge in [-0.05, 0) is 36.2 Å². The molecule has 0 aromatic heterocycles. The molecule has 2 aromatic carbocycles. The van der Waals surface area contributed by atoms with E-state index < -0.39 is 0 Å². The van der Waals surface area contributed by atoms with E-state index in [0.29, 0.717) is 0 Å². The molecule has 0 bridgehead atoms. The van der Waals surface area contributed by atoms with Crippen LogP contribution < -0.4 is 4.74 Å². The van der Waals surface area contributed by atoms with Crippen LogP contribution in [0.1, 0.15) is 5.56 Å². The van der Waals surface area contributed by atoms with Crippen LogP contribution in [-0.2, 0) is 0 Å². The van der Waals surface area contributed by atoms with Crippen molar-refractivity contribution < 1.29 is 4.74 Å². The highest BCUT2D eigenvalue weighted by atomic mass is 35.5. The van der Waals surface area contributed by atoms with Gasteiger partial charge in [0.2, 0.25) is 0 Å². The second kappa shape index (κ2) is 4.58. The van der Waals surface area contributed by atoms with E-state index in [0.717, 1.165) is 27.5 Å². The van der Waals surface area contributed by atoms with E-state index >= 15 is 0 Å². The van der Waals surface area contributed by atoms with Crippen molar-refractivity contribution in [1.82, 2.24) is 0 Å². The molecule has 82 valence electrons. The fraction of sp³-hybridized carbons (Fsp3) is 0.143. The van der Waals surface area contributed by atoms with E-state index in [4.69, 9.17) is 16.3 Å². The Morgan fingerprint density at radius 3 is 2.56 bits per heavy atom. The van der Waals surface area contributed by atoms with Crippen LogP contribution in [0, 0.1) is 6.92 Å². The van der Waals surface area contributed by atoms with Gasteiger partial charge in [-0.15, -0.1) is 0 Å². The van der Waals surface area contributed by atoms with Crippen LogP contribution in [0.25, 0.3) is 11.1 Å². The average molecular weight is 233 g/mol. The van der Waals surface area contributed by atoms with Gasteiger partial charge in [-0.25, -0.2) is 0 Å². The summed E-state index contributed by atoms with van der Waals surface area (Å²) in [5.74, 6) is 0.842. The van der Waals surface area contributed by atoms with Crippen LogP contribution in [0.2, 0.25) is 5.02 Å². The zero-order valence-corrected chi connectivity index (χ0v) is 10.1. The lowest BCUT2D eigenvalue weighted by Crippen LogP contribution is -1.85. The molecule has 0 aliphatic heterocycles.